The number of rotatable bonds is 7. The van der Waals surface area contributed by atoms with Crippen LogP contribution in [0.1, 0.15) is 18.2 Å². The van der Waals surface area contributed by atoms with Gasteiger partial charge in [0.25, 0.3) is 0 Å². The van der Waals surface area contributed by atoms with Crippen molar-refractivity contribution in [2.24, 2.45) is 0 Å². The fourth-order valence-electron chi connectivity index (χ4n) is 1.92. The maximum absolute atomic E-state index is 11.3. The van der Waals surface area contributed by atoms with Gasteiger partial charge < -0.3 is 9.30 Å². The monoisotopic (exact) mass is 315 g/mol. The summed E-state index contributed by atoms with van der Waals surface area (Å²) < 4.78 is 6.95. The maximum atomic E-state index is 11.3. The van der Waals surface area contributed by atoms with Crippen LogP contribution in [0, 0.1) is 6.57 Å². The van der Waals surface area contributed by atoms with E-state index >= 15 is 0 Å². The highest BCUT2D eigenvalue weighted by atomic mass is 32.2. The van der Waals surface area contributed by atoms with Crippen molar-refractivity contribution in [3.05, 3.63) is 59.5 Å². The van der Waals surface area contributed by atoms with E-state index in [1.165, 1.54) is 11.8 Å². The van der Waals surface area contributed by atoms with Gasteiger partial charge in [0.1, 0.15) is 0 Å². The zero-order valence-electron chi connectivity index (χ0n) is 12.4. The summed E-state index contributed by atoms with van der Waals surface area (Å²) in [6.07, 6.45) is 3.59. The van der Waals surface area contributed by atoms with Crippen LogP contribution >= 0.6 is 11.8 Å². The molecule has 0 saturated carbocycles. The molecule has 1 aromatic heterocycles. The number of aromatic nitrogens is 2. The van der Waals surface area contributed by atoms with Crippen LogP contribution in [-0.4, -0.2) is 27.9 Å². The normalized spacial score (nSPS) is 10.2. The molecule has 2 aromatic rings. The molecule has 0 aliphatic rings. The van der Waals surface area contributed by atoms with Gasteiger partial charge >= 0.3 is 5.97 Å². The Morgan fingerprint density at radius 3 is 2.86 bits per heavy atom. The van der Waals surface area contributed by atoms with Crippen LogP contribution in [0.3, 0.4) is 0 Å². The minimum Gasteiger partial charge on any atom is -0.465 e. The van der Waals surface area contributed by atoms with Crippen LogP contribution in [0.5, 0.6) is 0 Å². The summed E-state index contributed by atoms with van der Waals surface area (Å²) >= 11 is 1.51. The zero-order chi connectivity index (χ0) is 15.8. The summed E-state index contributed by atoms with van der Waals surface area (Å²) in [5.41, 5.74) is 2.81. The Morgan fingerprint density at radius 1 is 1.41 bits per heavy atom. The van der Waals surface area contributed by atoms with Crippen molar-refractivity contribution in [3.63, 3.8) is 0 Å². The van der Waals surface area contributed by atoms with Crippen molar-refractivity contribution in [3.8, 4) is 0 Å². The van der Waals surface area contributed by atoms with Crippen LogP contribution < -0.4 is 0 Å². The molecule has 0 fully saturated rings. The number of thioether (sulfide) groups is 1. The Hall–Kier alpha value is -2.26. The molecule has 0 aliphatic heterocycles. The van der Waals surface area contributed by atoms with Crippen molar-refractivity contribution in [2.75, 3.05) is 12.4 Å². The molecule has 1 heterocycles. The van der Waals surface area contributed by atoms with E-state index in [9.17, 15) is 4.79 Å². The van der Waals surface area contributed by atoms with E-state index in [-0.39, 0.29) is 5.97 Å². The highest BCUT2D eigenvalue weighted by Crippen LogP contribution is 2.16. The number of imidazole rings is 1. The topological polar surface area (TPSA) is 48.5 Å². The van der Waals surface area contributed by atoms with Crippen LogP contribution in [-0.2, 0) is 21.8 Å². The summed E-state index contributed by atoms with van der Waals surface area (Å²) in [7, 11) is 0. The van der Waals surface area contributed by atoms with Crippen LogP contribution in [0.2, 0.25) is 0 Å². The zero-order valence-corrected chi connectivity index (χ0v) is 13.2. The lowest BCUT2D eigenvalue weighted by atomic mass is 10.2. The van der Waals surface area contributed by atoms with E-state index in [1.54, 1.807) is 13.3 Å². The molecule has 5 nitrogen and oxygen atoms in total. The van der Waals surface area contributed by atoms with Crippen molar-refractivity contribution in [1.29, 1.82) is 0 Å². The van der Waals surface area contributed by atoms with Gasteiger partial charge in [-0.3, -0.25) is 4.79 Å². The molecule has 0 saturated heterocycles. The Balaban J connectivity index is 1.91. The van der Waals surface area contributed by atoms with Gasteiger partial charge in [0.15, 0.2) is 5.69 Å². The molecule has 1 aromatic carbocycles. The molecule has 6 heteroatoms. The lowest BCUT2D eigenvalue weighted by molar-refractivity contribution is -0.139. The van der Waals surface area contributed by atoms with E-state index in [0.29, 0.717) is 30.3 Å². The van der Waals surface area contributed by atoms with Gasteiger partial charge in [-0.05, 0) is 12.5 Å². The number of carbonyl (C=O) groups excluding carboxylic acids is 1. The summed E-state index contributed by atoms with van der Waals surface area (Å²) in [6.45, 7) is 9.87. The Bertz CT molecular complexity index is 659. The third kappa shape index (κ3) is 4.64. The second-order valence-corrected chi connectivity index (χ2v) is 5.57. The Labute approximate surface area is 134 Å². The molecule has 0 atom stereocenters. The molecule has 2 rings (SSSR count). The lowest BCUT2D eigenvalue weighted by Gasteiger charge is -2.08. The standard InChI is InChI=1S/C16H17N3O2S/c1-3-21-16(20)11-22-10-15-8-18-12-19(15)9-13-4-6-14(17-2)7-5-13/h4-8,12H,3,9-11H2,1H3. The SMILES string of the molecule is [C-]#[N+]c1ccc(Cn2cncc2CSCC(=O)OCC)cc1. The predicted octanol–water partition coefficient (Wildman–Crippen LogP) is 3.28. The van der Waals surface area contributed by atoms with Gasteiger partial charge in [0, 0.05) is 24.2 Å². The van der Waals surface area contributed by atoms with E-state index in [0.717, 1.165) is 11.3 Å². The smallest absolute Gasteiger partial charge is 0.315 e. The van der Waals surface area contributed by atoms with Crippen molar-refractivity contribution >= 4 is 23.4 Å². The van der Waals surface area contributed by atoms with E-state index < -0.39 is 0 Å². The molecule has 0 aliphatic carbocycles. The quantitative estimate of drug-likeness (QED) is 0.581. The van der Waals surface area contributed by atoms with E-state index in [2.05, 4.69) is 9.83 Å². The molecule has 0 N–H and O–H groups in total. The molecule has 0 spiro atoms. The molecule has 0 amide bonds. The van der Waals surface area contributed by atoms with Crippen molar-refractivity contribution in [1.82, 2.24) is 9.55 Å². The van der Waals surface area contributed by atoms with Gasteiger partial charge in [0.05, 0.1) is 25.3 Å². The molecule has 114 valence electrons. The first-order valence-electron chi connectivity index (χ1n) is 6.91. The summed E-state index contributed by atoms with van der Waals surface area (Å²) in [4.78, 5) is 18.9. The highest BCUT2D eigenvalue weighted by molar-refractivity contribution is 7.99. The number of hydrogen-bond acceptors (Lipinski definition) is 4. The van der Waals surface area contributed by atoms with Gasteiger partial charge in [-0.25, -0.2) is 9.83 Å². The van der Waals surface area contributed by atoms with Gasteiger partial charge in [0.2, 0.25) is 0 Å². The number of carbonyl (C=O) groups is 1. The fraction of sp³-hybridized carbons (Fsp3) is 0.312. The van der Waals surface area contributed by atoms with E-state index in [4.69, 9.17) is 11.3 Å². The Kier molecular flexibility index (Phi) is 6.04. The third-order valence-electron chi connectivity index (χ3n) is 2.99. The molecule has 0 unspecified atom stereocenters. The number of benzene rings is 1. The lowest BCUT2D eigenvalue weighted by Crippen LogP contribution is -2.08. The number of ether oxygens (including phenoxy) is 1. The first-order chi connectivity index (χ1) is 10.7. The average Bonchev–Trinajstić information content (AvgIpc) is 2.95. The Morgan fingerprint density at radius 2 is 2.18 bits per heavy atom. The highest BCUT2D eigenvalue weighted by Gasteiger charge is 2.06. The van der Waals surface area contributed by atoms with Crippen LogP contribution in [0.25, 0.3) is 4.85 Å². The number of esters is 1. The van der Waals surface area contributed by atoms with Crippen molar-refractivity contribution < 1.29 is 9.53 Å². The molecule has 22 heavy (non-hydrogen) atoms. The molecule has 0 radical (unpaired) electrons. The summed E-state index contributed by atoms with van der Waals surface area (Å²) in [5.74, 6) is 0.866. The summed E-state index contributed by atoms with van der Waals surface area (Å²) in [5, 5.41) is 0. The van der Waals surface area contributed by atoms with Crippen molar-refractivity contribution in [2.45, 2.75) is 19.2 Å². The van der Waals surface area contributed by atoms with Gasteiger partial charge in [-0.2, -0.15) is 0 Å². The second-order valence-electron chi connectivity index (χ2n) is 4.59. The van der Waals surface area contributed by atoms with Gasteiger partial charge in [-0.15, -0.1) is 11.8 Å². The number of hydrogen-bond donors (Lipinski definition) is 0. The average molecular weight is 315 g/mol. The minimum absolute atomic E-state index is 0.187. The number of nitrogens with zero attached hydrogens (tertiary/aromatic N) is 3. The first kappa shape index (κ1) is 16.1. The largest absolute Gasteiger partial charge is 0.465 e. The molecular formula is C16H17N3O2S. The first-order valence-corrected chi connectivity index (χ1v) is 8.07. The molecular weight excluding hydrogens is 298 g/mol. The second kappa shape index (κ2) is 8.25. The third-order valence-corrected chi connectivity index (χ3v) is 3.93. The molecule has 0 bridgehead atoms. The maximum Gasteiger partial charge on any atom is 0.315 e. The van der Waals surface area contributed by atoms with Crippen LogP contribution in [0.15, 0.2) is 36.8 Å². The predicted molar refractivity (Wildman–Crippen MR) is 86.8 cm³/mol. The van der Waals surface area contributed by atoms with Crippen LogP contribution in [0.4, 0.5) is 5.69 Å². The summed E-state index contributed by atoms with van der Waals surface area (Å²) in [6, 6.07) is 7.52. The minimum atomic E-state index is -0.187. The fourth-order valence-corrected chi connectivity index (χ4v) is 2.73. The van der Waals surface area contributed by atoms with Gasteiger partial charge in [-0.1, -0.05) is 24.3 Å². The van der Waals surface area contributed by atoms with E-state index in [1.807, 2.05) is 35.0 Å².